The number of hydrogen-bond acceptors (Lipinski definition) is 8. The van der Waals surface area contributed by atoms with Crippen molar-refractivity contribution in [3.05, 3.63) is 26.6 Å². The summed E-state index contributed by atoms with van der Waals surface area (Å²) in [6, 6.07) is 0. The minimum atomic E-state index is -0.701. The van der Waals surface area contributed by atoms with E-state index in [0.717, 1.165) is 24.2 Å². The SMILES string of the molecule is COC(=O)c1sc2nc(C)[nH]c(=O)c2c1CC(=O)OCC(=O)N1CCC[C@H](C)C1. The number of thiophene rings is 1. The molecule has 1 amide bonds. The number of piperidine rings is 1. The van der Waals surface area contributed by atoms with E-state index in [-0.39, 0.29) is 34.8 Å². The largest absolute Gasteiger partial charge is 0.465 e. The summed E-state index contributed by atoms with van der Waals surface area (Å²) in [4.78, 5) is 58.1. The number of carbonyl (C=O) groups is 3. The van der Waals surface area contributed by atoms with E-state index in [0.29, 0.717) is 29.7 Å². The number of carbonyl (C=O) groups excluding carboxylic acids is 3. The summed E-state index contributed by atoms with van der Waals surface area (Å²) >= 11 is 0.986. The number of rotatable bonds is 5. The fourth-order valence-electron chi connectivity index (χ4n) is 3.44. The molecule has 0 aromatic carbocycles. The van der Waals surface area contributed by atoms with Gasteiger partial charge in [-0.3, -0.25) is 14.4 Å². The number of amides is 1. The Hall–Kier alpha value is -2.75. The van der Waals surface area contributed by atoms with Crippen molar-refractivity contribution < 1.29 is 23.9 Å². The monoisotopic (exact) mass is 421 g/mol. The van der Waals surface area contributed by atoms with E-state index in [9.17, 15) is 19.2 Å². The quantitative estimate of drug-likeness (QED) is 0.725. The minimum absolute atomic E-state index is 0.124. The molecule has 10 heteroatoms. The van der Waals surface area contributed by atoms with Gasteiger partial charge >= 0.3 is 11.9 Å². The third-order valence-electron chi connectivity index (χ3n) is 4.84. The van der Waals surface area contributed by atoms with E-state index < -0.39 is 17.5 Å². The van der Waals surface area contributed by atoms with Crippen LogP contribution in [-0.4, -0.2) is 59.5 Å². The molecule has 1 aliphatic heterocycles. The first-order valence-corrected chi connectivity index (χ1v) is 10.2. The highest BCUT2D eigenvalue weighted by atomic mass is 32.1. The molecule has 9 nitrogen and oxygen atoms in total. The molecule has 1 N–H and O–H groups in total. The average molecular weight is 421 g/mol. The number of ether oxygens (including phenoxy) is 2. The molecule has 156 valence electrons. The Morgan fingerprint density at radius 3 is 2.79 bits per heavy atom. The number of H-pyrrole nitrogens is 1. The molecule has 0 radical (unpaired) electrons. The van der Waals surface area contributed by atoms with Crippen molar-refractivity contribution in [1.82, 2.24) is 14.9 Å². The summed E-state index contributed by atoms with van der Waals surface area (Å²) in [7, 11) is 1.22. The normalized spacial score (nSPS) is 16.7. The van der Waals surface area contributed by atoms with Gasteiger partial charge in [0.2, 0.25) is 0 Å². The molecule has 0 unspecified atom stereocenters. The Bertz CT molecular complexity index is 1010. The van der Waals surface area contributed by atoms with Crippen LogP contribution in [0.2, 0.25) is 0 Å². The molecule has 1 saturated heterocycles. The summed E-state index contributed by atoms with van der Waals surface area (Å²) in [6.07, 6.45) is 1.68. The number of methoxy groups -OCH3 is 1. The highest BCUT2D eigenvalue weighted by Crippen LogP contribution is 2.29. The lowest BCUT2D eigenvalue weighted by Gasteiger charge is -2.30. The fraction of sp³-hybridized carbons (Fsp3) is 0.526. The van der Waals surface area contributed by atoms with Gasteiger partial charge in [-0.05, 0) is 25.7 Å². The molecule has 1 atom stereocenters. The first kappa shape index (κ1) is 21.0. The smallest absolute Gasteiger partial charge is 0.348 e. The number of nitrogens with one attached hydrogen (secondary N) is 1. The van der Waals surface area contributed by atoms with Gasteiger partial charge in [0.15, 0.2) is 6.61 Å². The second-order valence-corrected chi connectivity index (χ2v) is 8.16. The van der Waals surface area contributed by atoms with E-state index in [1.165, 1.54) is 7.11 Å². The highest BCUT2D eigenvalue weighted by molar-refractivity contribution is 7.20. The average Bonchev–Trinajstić information content (AvgIpc) is 3.03. The van der Waals surface area contributed by atoms with Crippen molar-refractivity contribution in [2.45, 2.75) is 33.1 Å². The van der Waals surface area contributed by atoms with E-state index in [1.54, 1.807) is 11.8 Å². The summed E-state index contributed by atoms with van der Waals surface area (Å²) in [5.41, 5.74) is -0.241. The van der Waals surface area contributed by atoms with Gasteiger partial charge < -0.3 is 19.4 Å². The first-order valence-electron chi connectivity index (χ1n) is 9.34. The summed E-state index contributed by atoms with van der Waals surface area (Å²) in [5, 5.41) is 0.161. The molecule has 2 aromatic heterocycles. The van der Waals surface area contributed by atoms with Gasteiger partial charge in [0.1, 0.15) is 15.5 Å². The molecule has 2 aromatic rings. The van der Waals surface area contributed by atoms with Crippen molar-refractivity contribution in [3.63, 3.8) is 0 Å². The Morgan fingerprint density at radius 1 is 1.34 bits per heavy atom. The number of hydrogen-bond donors (Lipinski definition) is 1. The molecule has 3 rings (SSSR count). The van der Waals surface area contributed by atoms with Gasteiger partial charge in [0.25, 0.3) is 11.5 Å². The number of nitrogens with zero attached hydrogens (tertiary/aromatic N) is 2. The Labute approximate surface area is 171 Å². The zero-order chi connectivity index (χ0) is 21.1. The van der Waals surface area contributed by atoms with E-state index in [1.807, 2.05) is 0 Å². The standard InChI is InChI=1S/C19H23N3O6S/c1-10-5-4-6-22(8-10)13(23)9-28-14(24)7-12-15-17(25)20-11(2)21-18(15)29-16(12)19(26)27-3/h10H,4-9H2,1-3H3,(H,20,21,25)/t10-/m0/s1. The van der Waals surface area contributed by atoms with Gasteiger partial charge in [-0.2, -0.15) is 0 Å². The van der Waals surface area contributed by atoms with Crippen molar-refractivity contribution in [1.29, 1.82) is 0 Å². The fourth-order valence-corrected chi connectivity index (χ4v) is 4.60. The van der Waals surface area contributed by atoms with Crippen molar-refractivity contribution in [3.8, 4) is 0 Å². The molecule has 0 spiro atoms. The molecule has 1 aliphatic rings. The van der Waals surface area contributed by atoms with Crippen molar-refractivity contribution >= 4 is 39.4 Å². The van der Waals surface area contributed by atoms with E-state index in [4.69, 9.17) is 9.47 Å². The number of fused-ring (bicyclic) bond motifs is 1. The number of aromatic nitrogens is 2. The van der Waals surface area contributed by atoms with E-state index in [2.05, 4.69) is 16.9 Å². The predicted octanol–water partition coefficient (Wildman–Crippen LogP) is 1.42. The first-order chi connectivity index (χ1) is 13.8. The van der Waals surface area contributed by atoms with Crippen LogP contribution in [-0.2, 0) is 25.5 Å². The number of aryl methyl sites for hydroxylation is 1. The lowest BCUT2D eigenvalue weighted by molar-refractivity contribution is -0.152. The molecule has 0 aliphatic carbocycles. The Balaban J connectivity index is 1.76. The van der Waals surface area contributed by atoms with Crippen LogP contribution >= 0.6 is 11.3 Å². The number of aromatic amines is 1. The predicted molar refractivity (Wildman–Crippen MR) is 106 cm³/mol. The molecule has 29 heavy (non-hydrogen) atoms. The summed E-state index contributed by atoms with van der Waals surface area (Å²) in [6.45, 7) is 4.64. The highest BCUT2D eigenvalue weighted by Gasteiger charge is 2.26. The maximum Gasteiger partial charge on any atom is 0.348 e. The van der Waals surface area contributed by atoms with Gasteiger partial charge in [-0.25, -0.2) is 9.78 Å². The summed E-state index contributed by atoms with van der Waals surface area (Å²) in [5.74, 6) is -0.788. The van der Waals surface area contributed by atoms with Crippen LogP contribution in [0.1, 0.15) is 40.8 Å². The maximum absolute atomic E-state index is 12.4. The lowest BCUT2D eigenvalue weighted by Crippen LogP contribution is -2.41. The number of esters is 2. The second kappa shape index (κ2) is 8.73. The molecular formula is C19H23N3O6S. The lowest BCUT2D eigenvalue weighted by atomic mass is 10.0. The maximum atomic E-state index is 12.4. The Kier molecular flexibility index (Phi) is 6.31. The van der Waals surface area contributed by atoms with Gasteiger partial charge in [0.05, 0.1) is 18.9 Å². The van der Waals surface area contributed by atoms with Crippen molar-refractivity contribution in [2.24, 2.45) is 5.92 Å². The van der Waals surface area contributed by atoms with Crippen LogP contribution in [0.15, 0.2) is 4.79 Å². The van der Waals surface area contributed by atoms with Crippen molar-refractivity contribution in [2.75, 3.05) is 26.8 Å². The summed E-state index contributed by atoms with van der Waals surface area (Å²) < 4.78 is 9.90. The molecule has 1 fully saturated rings. The van der Waals surface area contributed by atoms with Crippen LogP contribution in [0.5, 0.6) is 0 Å². The molecule has 3 heterocycles. The zero-order valence-electron chi connectivity index (χ0n) is 16.6. The number of likely N-dealkylation sites (tertiary alicyclic amines) is 1. The van der Waals surface area contributed by atoms with Crippen LogP contribution in [0, 0.1) is 12.8 Å². The van der Waals surface area contributed by atoms with Gasteiger partial charge in [-0.15, -0.1) is 11.3 Å². The topological polar surface area (TPSA) is 119 Å². The Morgan fingerprint density at radius 2 is 2.10 bits per heavy atom. The van der Waals surface area contributed by atoms with Gasteiger partial charge in [0, 0.05) is 18.7 Å². The zero-order valence-corrected chi connectivity index (χ0v) is 17.4. The molecule has 0 saturated carbocycles. The van der Waals surface area contributed by atoms with Crippen LogP contribution < -0.4 is 5.56 Å². The van der Waals surface area contributed by atoms with Gasteiger partial charge in [-0.1, -0.05) is 6.92 Å². The molecule has 0 bridgehead atoms. The third kappa shape index (κ3) is 4.64. The minimum Gasteiger partial charge on any atom is -0.465 e. The molecular weight excluding hydrogens is 398 g/mol. The third-order valence-corrected chi connectivity index (χ3v) is 5.94. The second-order valence-electron chi connectivity index (χ2n) is 7.16. The van der Waals surface area contributed by atoms with Crippen LogP contribution in [0.4, 0.5) is 0 Å². The van der Waals surface area contributed by atoms with E-state index >= 15 is 0 Å². The van der Waals surface area contributed by atoms with Crippen LogP contribution in [0.25, 0.3) is 10.2 Å². The van der Waals surface area contributed by atoms with Crippen LogP contribution in [0.3, 0.4) is 0 Å².